The van der Waals surface area contributed by atoms with Crippen LogP contribution in [0.1, 0.15) is 51.3 Å². The van der Waals surface area contributed by atoms with E-state index in [9.17, 15) is 4.39 Å². The normalized spacial score (nSPS) is 14.0. The molecule has 0 amide bonds. The number of allylic oxidation sites excluding steroid dienone is 2. The third-order valence-electron chi connectivity index (χ3n) is 3.70. The molecule has 0 bridgehead atoms. The molecule has 0 spiro atoms. The quantitative estimate of drug-likeness (QED) is 0.640. The summed E-state index contributed by atoms with van der Waals surface area (Å²) in [5.74, 6) is -0.153. The van der Waals surface area contributed by atoms with Gasteiger partial charge in [-0.1, -0.05) is 25.1 Å². The van der Waals surface area contributed by atoms with Crippen molar-refractivity contribution in [2.45, 2.75) is 48.0 Å². The standard InChI is InChI=1S/C19H25FN2/c1-7-11-21-15(5)16(6)22-12-13(3)18-10-9-17(8-2)14(4)19(18)20/h7,9-12H,8H2,1-6H3/b11-7-,13-12+,21-15-,22-16+. The number of hydrogen-bond donors (Lipinski definition) is 0. The maximum Gasteiger partial charge on any atom is 0.133 e. The molecule has 0 unspecified atom stereocenters. The second kappa shape index (κ2) is 8.42. The first-order valence-corrected chi connectivity index (χ1v) is 7.57. The van der Waals surface area contributed by atoms with Gasteiger partial charge in [-0.3, -0.25) is 9.98 Å². The zero-order valence-corrected chi connectivity index (χ0v) is 14.4. The zero-order chi connectivity index (χ0) is 16.7. The fourth-order valence-corrected chi connectivity index (χ4v) is 2.05. The van der Waals surface area contributed by atoms with Gasteiger partial charge in [0.2, 0.25) is 0 Å². The van der Waals surface area contributed by atoms with E-state index in [4.69, 9.17) is 0 Å². The van der Waals surface area contributed by atoms with Crippen LogP contribution in [0.3, 0.4) is 0 Å². The van der Waals surface area contributed by atoms with Gasteiger partial charge in [0.15, 0.2) is 0 Å². The second-order valence-corrected chi connectivity index (χ2v) is 5.29. The molecule has 1 aromatic rings. The van der Waals surface area contributed by atoms with E-state index in [1.165, 1.54) is 0 Å². The van der Waals surface area contributed by atoms with Crippen LogP contribution < -0.4 is 0 Å². The molecule has 1 rings (SSSR count). The van der Waals surface area contributed by atoms with Gasteiger partial charge in [0.25, 0.3) is 0 Å². The Morgan fingerprint density at radius 2 is 1.77 bits per heavy atom. The lowest BCUT2D eigenvalue weighted by atomic mass is 9.99. The lowest BCUT2D eigenvalue weighted by Crippen LogP contribution is -2.04. The molecular weight excluding hydrogens is 275 g/mol. The van der Waals surface area contributed by atoms with E-state index in [-0.39, 0.29) is 5.82 Å². The molecule has 3 heteroatoms. The second-order valence-electron chi connectivity index (χ2n) is 5.29. The molecule has 0 atom stereocenters. The van der Waals surface area contributed by atoms with Gasteiger partial charge in [-0.15, -0.1) is 0 Å². The molecule has 0 aromatic heterocycles. The molecule has 118 valence electrons. The Hall–Kier alpha value is -2.03. The zero-order valence-electron chi connectivity index (χ0n) is 14.4. The molecule has 0 radical (unpaired) electrons. The number of nitrogens with zero attached hydrogens (tertiary/aromatic N) is 2. The van der Waals surface area contributed by atoms with Crippen molar-refractivity contribution in [2.75, 3.05) is 0 Å². The molecule has 0 fully saturated rings. The molecule has 0 saturated heterocycles. The van der Waals surface area contributed by atoms with Crippen molar-refractivity contribution in [3.63, 3.8) is 0 Å². The minimum atomic E-state index is -0.153. The maximum atomic E-state index is 14.4. The fourth-order valence-electron chi connectivity index (χ4n) is 2.05. The van der Waals surface area contributed by atoms with Gasteiger partial charge in [0, 0.05) is 18.0 Å². The van der Waals surface area contributed by atoms with Crippen molar-refractivity contribution in [2.24, 2.45) is 9.98 Å². The van der Waals surface area contributed by atoms with Gasteiger partial charge in [-0.2, -0.15) is 0 Å². The first-order valence-electron chi connectivity index (χ1n) is 7.57. The summed E-state index contributed by atoms with van der Waals surface area (Å²) in [7, 11) is 0. The highest BCUT2D eigenvalue weighted by atomic mass is 19.1. The SMILES string of the molecule is C\C=C/N=C(C)\C(C)=N\C=C(/C)c1ccc(CC)c(C)c1F. The van der Waals surface area contributed by atoms with E-state index in [1.54, 1.807) is 12.4 Å². The highest BCUT2D eigenvalue weighted by Crippen LogP contribution is 2.23. The van der Waals surface area contributed by atoms with Crippen LogP contribution in [0.15, 0.2) is 40.6 Å². The number of aliphatic imine (C=N–C) groups is 2. The summed E-state index contributed by atoms with van der Waals surface area (Å²) in [6.45, 7) is 11.5. The average molecular weight is 300 g/mol. The van der Waals surface area contributed by atoms with Gasteiger partial charge >= 0.3 is 0 Å². The Kier molecular flexibility index (Phi) is 6.90. The molecule has 22 heavy (non-hydrogen) atoms. The van der Waals surface area contributed by atoms with Crippen LogP contribution >= 0.6 is 0 Å². The van der Waals surface area contributed by atoms with Crippen molar-refractivity contribution in [1.29, 1.82) is 0 Å². The van der Waals surface area contributed by atoms with Crippen LogP contribution in [0.5, 0.6) is 0 Å². The van der Waals surface area contributed by atoms with Crippen molar-refractivity contribution in [3.8, 4) is 0 Å². The largest absolute Gasteiger partial charge is 0.260 e. The van der Waals surface area contributed by atoms with E-state index in [2.05, 4.69) is 9.98 Å². The highest BCUT2D eigenvalue weighted by Gasteiger charge is 2.10. The number of aryl methyl sites for hydroxylation is 1. The molecule has 0 N–H and O–H groups in total. The maximum absolute atomic E-state index is 14.4. The summed E-state index contributed by atoms with van der Waals surface area (Å²) in [4.78, 5) is 8.64. The van der Waals surface area contributed by atoms with E-state index in [0.29, 0.717) is 5.56 Å². The minimum absolute atomic E-state index is 0.153. The molecule has 0 aliphatic heterocycles. The van der Waals surface area contributed by atoms with E-state index >= 15 is 0 Å². The summed E-state index contributed by atoms with van der Waals surface area (Å²) >= 11 is 0. The van der Waals surface area contributed by atoms with Gasteiger partial charge < -0.3 is 0 Å². The number of hydrogen-bond acceptors (Lipinski definition) is 2. The fraction of sp³-hybridized carbons (Fsp3) is 0.368. The van der Waals surface area contributed by atoms with E-state index < -0.39 is 0 Å². The number of benzene rings is 1. The molecule has 0 aliphatic carbocycles. The molecular formula is C19H25FN2. The molecule has 0 aliphatic rings. The molecule has 2 nitrogen and oxygen atoms in total. The Morgan fingerprint density at radius 1 is 1.14 bits per heavy atom. The van der Waals surface area contributed by atoms with Crippen LogP contribution in [-0.2, 0) is 6.42 Å². The van der Waals surface area contributed by atoms with Crippen molar-refractivity contribution in [1.82, 2.24) is 0 Å². The predicted molar refractivity (Wildman–Crippen MR) is 95.2 cm³/mol. The van der Waals surface area contributed by atoms with Crippen LogP contribution in [-0.4, -0.2) is 11.4 Å². The number of halogens is 1. The third kappa shape index (κ3) is 4.48. The van der Waals surface area contributed by atoms with E-state index in [1.807, 2.05) is 59.8 Å². The highest BCUT2D eigenvalue weighted by molar-refractivity contribution is 6.40. The Bertz CT molecular complexity index is 650. The summed E-state index contributed by atoms with van der Waals surface area (Å²) in [5, 5.41) is 0. The Morgan fingerprint density at radius 3 is 2.36 bits per heavy atom. The van der Waals surface area contributed by atoms with Gasteiger partial charge in [-0.25, -0.2) is 4.39 Å². The average Bonchev–Trinajstić information content (AvgIpc) is 2.52. The lowest BCUT2D eigenvalue weighted by Gasteiger charge is -2.09. The molecule has 1 aromatic carbocycles. The van der Waals surface area contributed by atoms with Crippen molar-refractivity contribution < 1.29 is 4.39 Å². The van der Waals surface area contributed by atoms with Crippen LogP contribution in [0.2, 0.25) is 0 Å². The van der Waals surface area contributed by atoms with Crippen LogP contribution in [0, 0.1) is 12.7 Å². The first kappa shape index (κ1) is 18.0. The van der Waals surface area contributed by atoms with Crippen molar-refractivity contribution >= 4 is 17.0 Å². The molecule has 0 heterocycles. The summed E-state index contributed by atoms with van der Waals surface area (Å²) in [6, 6.07) is 3.82. The number of rotatable bonds is 5. The summed E-state index contributed by atoms with van der Waals surface area (Å²) in [5.41, 5.74) is 4.85. The van der Waals surface area contributed by atoms with Gasteiger partial charge in [0.1, 0.15) is 5.82 Å². The van der Waals surface area contributed by atoms with Crippen LogP contribution in [0.4, 0.5) is 4.39 Å². The lowest BCUT2D eigenvalue weighted by molar-refractivity contribution is 0.611. The topological polar surface area (TPSA) is 24.7 Å². The minimum Gasteiger partial charge on any atom is -0.260 e. The summed E-state index contributed by atoms with van der Waals surface area (Å²) in [6.07, 6.45) is 6.14. The smallest absolute Gasteiger partial charge is 0.133 e. The van der Waals surface area contributed by atoms with Crippen molar-refractivity contribution in [3.05, 3.63) is 53.1 Å². The first-order chi connectivity index (χ1) is 10.4. The third-order valence-corrected chi connectivity index (χ3v) is 3.70. The van der Waals surface area contributed by atoms with E-state index in [0.717, 1.165) is 34.5 Å². The Balaban J connectivity index is 3.11. The predicted octanol–water partition coefficient (Wildman–Crippen LogP) is 5.51. The summed E-state index contributed by atoms with van der Waals surface area (Å²) < 4.78 is 14.4. The molecule has 0 saturated carbocycles. The van der Waals surface area contributed by atoms with Gasteiger partial charge in [0.05, 0.1) is 11.4 Å². The monoisotopic (exact) mass is 300 g/mol. The Labute approximate surface area is 133 Å². The van der Waals surface area contributed by atoms with Gasteiger partial charge in [-0.05, 0) is 57.7 Å². The van der Waals surface area contributed by atoms with Crippen LogP contribution in [0.25, 0.3) is 5.57 Å².